The van der Waals surface area contributed by atoms with Crippen LogP contribution < -0.4 is 4.90 Å². The van der Waals surface area contributed by atoms with Crippen molar-refractivity contribution in [2.75, 3.05) is 4.90 Å². The summed E-state index contributed by atoms with van der Waals surface area (Å²) in [7, 11) is 0. The summed E-state index contributed by atoms with van der Waals surface area (Å²) in [6, 6.07) is 10.3. The first-order valence-electron chi connectivity index (χ1n) is 8.95. The van der Waals surface area contributed by atoms with E-state index in [0.717, 1.165) is 16.3 Å². The molecule has 0 aliphatic carbocycles. The first-order chi connectivity index (χ1) is 14.0. The van der Waals surface area contributed by atoms with E-state index in [-0.39, 0.29) is 18.3 Å². The van der Waals surface area contributed by atoms with E-state index in [0.29, 0.717) is 26.8 Å². The van der Waals surface area contributed by atoms with Gasteiger partial charge in [0.1, 0.15) is 10.7 Å². The van der Waals surface area contributed by atoms with E-state index < -0.39 is 0 Å². The van der Waals surface area contributed by atoms with Crippen LogP contribution in [0.4, 0.5) is 10.1 Å². The number of fused-ring (bicyclic) bond motifs is 1. The number of thiazole rings is 1. The first kappa shape index (κ1) is 19.5. The van der Waals surface area contributed by atoms with Crippen LogP contribution in [0.25, 0.3) is 10.8 Å². The molecule has 0 saturated heterocycles. The topological polar surface area (TPSA) is 46.1 Å². The van der Waals surface area contributed by atoms with Gasteiger partial charge in [0.15, 0.2) is 0 Å². The van der Waals surface area contributed by atoms with Crippen molar-refractivity contribution >= 4 is 45.3 Å². The summed E-state index contributed by atoms with van der Waals surface area (Å²) in [5, 5.41) is 2.13. The quantitative estimate of drug-likeness (QED) is 0.406. The molecule has 4 aromatic rings. The van der Waals surface area contributed by atoms with Gasteiger partial charge in [-0.2, -0.15) is 0 Å². The lowest BCUT2D eigenvalue weighted by atomic mass is 10.0. The molecule has 0 saturated carbocycles. The van der Waals surface area contributed by atoms with Crippen molar-refractivity contribution in [2.24, 2.45) is 0 Å². The molecule has 146 valence electrons. The van der Waals surface area contributed by atoms with Gasteiger partial charge >= 0.3 is 0 Å². The predicted octanol–water partition coefficient (Wildman–Crippen LogP) is 5.95. The highest BCUT2D eigenvalue weighted by Crippen LogP contribution is 2.29. The molecule has 0 radical (unpaired) electrons. The smallest absolute Gasteiger partial charge is 0.270 e. The molecule has 2 aromatic heterocycles. The lowest BCUT2D eigenvalue weighted by Gasteiger charge is -2.23. The lowest BCUT2D eigenvalue weighted by Crippen LogP contribution is -2.30. The highest BCUT2D eigenvalue weighted by Gasteiger charge is 2.23. The Hall–Kier alpha value is -2.83. The molecular weight excluding hydrogens is 409 g/mol. The number of carbonyl (C=O) groups excluding carboxylic acids is 1. The molecule has 0 fully saturated rings. The van der Waals surface area contributed by atoms with Gasteiger partial charge in [-0.3, -0.25) is 9.78 Å². The predicted molar refractivity (Wildman–Crippen MR) is 115 cm³/mol. The van der Waals surface area contributed by atoms with Crippen LogP contribution in [0.2, 0.25) is 5.02 Å². The second kappa shape index (κ2) is 7.89. The van der Waals surface area contributed by atoms with Gasteiger partial charge in [0.25, 0.3) is 5.91 Å². The number of hydrogen-bond donors (Lipinski definition) is 0. The van der Waals surface area contributed by atoms with Crippen LogP contribution in [-0.4, -0.2) is 15.9 Å². The molecule has 7 heteroatoms. The number of halogens is 2. The summed E-state index contributed by atoms with van der Waals surface area (Å²) >= 11 is 7.49. The molecule has 0 aliphatic rings. The third-order valence-electron chi connectivity index (χ3n) is 4.86. The van der Waals surface area contributed by atoms with E-state index >= 15 is 0 Å². The number of pyridine rings is 1. The van der Waals surface area contributed by atoms with Crippen molar-refractivity contribution < 1.29 is 9.18 Å². The number of rotatable bonds is 4. The van der Waals surface area contributed by atoms with E-state index in [1.807, 2.05) is 13.0 Å². The normalized spacial score (nSPS) is 11.0. The highest BCUT2D eigenvalue weighted by atomic mass is 35.5. The third-order valence-corrected chi connectivity index (χ3v) is 6.01. The van der Waals surface area contributed by atoms with Crippen LogP contribution in [0, 0.1) is 19.7 Å². The van der Waals surface area contributed by atoms with Crippen molar-refractivity contribution in [3.05, 3.63) is 86.8 Å². The Kier molecular flexibility index (Phi) is 5.30. The number of hydrogen-bond acceptors (Lipinski definition) is 4. The van der Waals surface area contributed by atoms with Crippen LogP contribution in [0.1, 0.15) is 26.5 Å². The van der Waals surface area contributed by atoms with Crippen molar-refractivity contribution in [3.63, 3.8) is 0 Å². The first-order valence-corrected chi connectivity index (χ1v) is 10.2. The average molecular weight is 426 g/mol. The molecule has 29 heavy (non-hydrogen) atoms. The van der Waals surface area contributed by atoms with Gasteiger partial charge < -0.3 is 4.90 Å². The number of nitrogens with zero attached hydrogens (tertiary/aromatic N) is 3. The number of carbonyl (C=O) groups is 1. The molecule has 0 N–H and O–H groups in total. The summed E-state index contributed by atoms with van der Waals surface area (Å²) in [5.41, 5.74) is 4.37. The average Bonchev–Trinajstić information content (AvgIpc) is 3.14. The van der Waals surface area contributed by atoms with Gasteiger partial charge in [-0.05, 0) is 54.6 Å². The number of aryl methyl sites for hydroxylation is 2. The molecular formula is C22H17ClFN3OS. The van der Waals surface area contributed by atoms with Crippen molar-refractivity contribution in [1.82, 2.24) is 9.97 Å². The van der Waals surface area contributed by atoms with E-state index in [2.05, 4.69) is 9.97 Å². The molecule has 4 rings (SSSR count). The van der Waals surface area contributed by atoms with Gasteiger partial charge in [-0.1, -0.05) is 23.7 Å². The Bertz CT molecular complexity index is 1220. The standard InChI is InChI=1S/C22H17ClFN3OS/c1-13-19-10-25-9-15(18(19)6-7-20(13)24)11-27(17-5-3-4-16(23)8-17)22(28)21-14(2)26-12-29-21/h3-10,12H,11H2,1-2H3. The second-order valence-corrected chi connectivity index (χ2v) is 8.00. The summed E-state index contributed by atoms with van der Waals surface area (Å²) in [6.07, 6.45) is 3.36. The van der Waals surface area contributed by atoms with E-state index in [1.54, 1.807) is 54.0 Å². The zero-order valence-electron chi connectivity index (χ0n) is 15.8. The Morgan fingerprint density at radius 1 is 1.17 bits per heavy atom. The van der Waals surface area contributed by atoms with Crippen LogP contribution in [0.3, 0.4) is 0 Å². The van der Waals surface area contributed by atoms with Crippen LogP contribution in [-0.2, 0) is 6.54 Å². The minimum atomic E-state index is -0.278. The summed E-state index contributed by atoms with van der Waals surface area (Å²) in [6.45, 7) is 3.81. The van der Waals surface area contributed by atoms with E-state index in [4.69, 9.17) is 11.6 Å². The number of aromatic nitrogens is 2. The monoisotopic (exact) mass is 425 g/mol. The molecule has 0 atom stereocenters. The third kappa shape index (κ3) is 3.73. The maximum atomic E-state index is 14.0. The van der Waals surface area contributed by atoms with Gasteiger partial charge in [0.05, 0.1) is 17.7 Å². The zero-order valence-corrected chi connectivity index (χ0v) is 17.4. The van der Waals surface area contributed by atoms with Crippen molar-refractivity contribution in [2.45, 2.75) is 20.4 Å². The van der Waals surface area contributed by atoms with Crippen LogP contribution >= 0.6 is 22.9 Å². The second-order valence-electron chi connectivity index (χ2n) is 6.70. The van der Waals surface area contributed by atoms with Crippen LogP contribution in [0.15, 0.2) is 54.3 Å². The lowest BCUT2D eigenvalue weighted by molar-refractivity contribution is 0.0988. The summed E-state index contributed by atoms with van der Waals surface area (Å²) in [4.78, 5) is 24.1. The zero-order chi connectivity index (χ0) is 20.5. The fraction of sp³-hybridized carbons (Fsp3) is 0.136. The number of anilines is 1. The van der Waals surface area contributed by atoms with Gasteiger partial charge in [0, 0.05) is 28.5 Å². The Morgan fingerprint density at radius 3 is 2.72 bits per heavy atom. The molecule has 4 nitrogen and oxygen atoms in total. The highest BCUT2D eigenvalue weighted by molar-refractivity contribution is 7.12. The maximum absolute atomic E-state index is 14.0. The van der Waals surface area contributed by atoms with Gasteiger partial charge in [-0.25, -0.2) is 9.37 Å². The molecule has 0 spiro atoms. The number of benzene rings is 2. The molecule has 2 aromatic carbocycles. The minimum Gasteiger partial charge on any atom is -0.303 e. The molecule has 0 aliphatic heterocycles. The molecule has 2 heterocycles. The Morgan fingerprint density at radius 2 is 2.00 bits per heavy atom. The maximum Gasteiger partial charge on any atom is 0.270 e. The Labute approximate surface area is 176 Å². The summed E-state index contributed by atoms with van der Waals surface area (Å²) in [5.74, 6) is -0.442. The van der Waals surface area contributed by atoms with Crippen LogP contribution in [0.5, 0.6) is 0 Å². The van der Waals surface area contributed by atoms with Crippen molar-refractivity contribution in [3.8, 4) is 0 Å². The van der Waals surface area contributed by atoms with Gasteiger partial charge in [0.2, 0.25) is 0 Å². The fourth-order valence-electron chi connectivity index (χ4n) is 3.27. The van der Waals surface area contributed by atoms with Gasteiger partial charge in [-0.15, -0.1) is 11.3 Å². The Balaban J connectivity index is 1.83. The summed E-state index contributed by atoms with van der Waals surface area (Å²) < 4.78 is 14.0. The number of amides is 1. The van der Waals surface area contributed by atoms with E-state index in [1.165, 1.54) is 17.4 Å². The molecule has 0 bridgehead atoms. The van der Waals surface area contributed by atoms with E-state index in [9.17, 15) is 9.18 Å². The molecule has 0 unspecified atom stereocenters. The minimum absolute atomic E-state index is 0.164. The largest absolute Gasteiger partial charge is 0.303 e. The fourth-order valence-corrected chi connectivity index (χ4v) is 4.21. The SMILES string of the molecule is Cc1ncsc1C(=O)N(Cc1cncc2c(C)c(F)ccc12)c1cccc(Cl)c1. The molecule has 1 amide bonds. The van der Waals surface area contributed by atoms with Crippen molar-refractivity contribution in [1.29, 1.82) is 0 Å².